The third kappa shape index (κ3) is 4.65. The quantitative estimate of drug-likeness (QED) is 0.564. The second-order valence-electron chi connectivity index (χ2n) is 6.82. The van der Waals surface area contributed by atoms with Crippen LogP contribution in [0.25, 0.3) is 0 Å². The van der Waals surface area contributed by atoms with Crippen LogP contribution in [0.2, 0.25) is 0 Å². The maximum atomic E-state index is 13.4. The Labute approximate surface area is 169 Å². The molecule has 0 saturated heterocycles. The van der Waals surface area contributed by atoms with Gasteiger partial charge in [-0.15, -0.1) is 0 Å². The number of aliphatic imine (C=N–C) groups is 1. The van der Waals surface area contributed by atoms with Crippen LogP contribution in [0.3, 0.4) is 0 Å². The fourth-order valence-corrected chi connectivity index (χ4v) is 2.87. The van der Waals surface area contributed by atoms with Crippen LogP contribution in [-0.2, 0) is 6.18 Å². The fraction of sp³-hybridized carbons (Fsp3) is 0.200. The number of hydrogen-bond donors (Lipinski definition) is 1. The lowest BCUT2D eigenvalue weighted by molar-refractivity contribution is -0.385. The third-order valence-corrected chi connectivity index (χ3v) is 4.38. The zero-order chi connectivity index (χ0) is 22.1. The molecule has 30 heavy (non-hydrogen) atoms. The Morgan fingerprint density at radius 3 is 2.57 bits per heavy atom. The van der Waals surface area contributed by atoms with E-state index >= 15 is 0 Å². The molecule has 1 amide bonds. The fourth-order valence-electron chi connectivity index (χ4n) is 2.87. The van der Waals surface area contributed by atoms with Gasteiger partial charge in [0, 0.05) is 34.8 Å². The predicted octanol–water partition coefficient (Wildman–Crippen LogP) is 4.93. The van der Waals surface area contributed by atoms with Crippen molar-refractivity contribution in [3.8, 4) is 0 Å². The second-order valence-corrected chi connectivity index (χ2v) is 6.82. The smallest absolute Gasteiger partial charge is 0.322 e. The summed E-state index contributed by atoms with van der Waals surface area (Å²) in [5, 5.41) is 13.5. The number of nitro groups is 1. The van der Waals surface area contributed by atoms with Crippen LogP contribution >= 0.6 is 0 Å². The molecule has 0 aliphatic carbocycles. The molecular weight excluding hydrogens is 401 g/mol. The van der Waals surface area contributed by atoms with E-state index < -0.39 is 22.6 Å². The SMILES string of the molecule is CC1=CN(c2cc(NC(=O)c3ccc(C)c([N+](=O)[O-])c3)cc(C(F)(F)F)c2)C=NC1. The van der Waals surface area contributed by atoms with E-state index in [1.165, 1.54) is 36.4 Å². The zero-order valence-electron chi connectivity index (χ0n) is 16.0. The molecule has 0 atom stereocenters. The molecule has 1 aliphatic heterocycles. The largest absolute Gasteiger partial charge is 0.416 e. The molecule has 0 saturated carbocycles. The Balaban J connectivity index is 1.97. The van der Waals surface area contributed by atoms with E-state index in [1.54, 1.807) is 13.1 Å². The van der Waals surface area contributed by atoms with Gasteiger partial charge in [-0.3, -0.25) is 19.9 Å². The third-order valence-electron chi connectivity index (χ3n) is 4.38. The average molecular weight is 418 g/mol. The van der Waals surface area contributed by atoms with E-state index in [1.807, 2.05) is 0 Å². The van der Waals surface area contributed by atoms with Crippen LogP contribution < -0.4 is 10.2 Å². The molecule has 3 rings (SSSR count). The Bertz CT molecular complexity index is 1080. The van der Waals surface area contributed by atoms with Crippen LogP contribution in [0, 0.1) is 17.0 Å². The maximum Gasteiger partial charge on any atom is 0.416 e. The van der Waals surface area contributed by atoms with E-state index in [4.69, 9.17) is 0 Å². The number of carbonyl (C=O) groups is 1. The summed E-state index contributed by atoms with van der Waals surface area (Å²) in [5.74, 6) is -0.762. The van der Waals surface area contributed by atoms with Gasteiger partial charge in [0.25, 0.3) is 11.6 Å². The zero-order valence-corrected chi connectivity index (χ0v) is 16.0. The average Bonchev–Trinajstić information content (AvgIpc) is 2.67. The standard InChI is InChI=1S/C20H17F3N4O3/c1-12-9-24-11-26(10-12)17-7-15(20(21,22)23)6-16(8-17)25-19(28)14-4-3-13(2)18(5-14)27(29)30/h3-8,10-11H,9H2,1-2H3,(H,25,28). The molecule has 156 valence electrons. The Morgan fingerprint density at radius 1 is 1.20 bits per heavy atom. The molecule has 0 aromatic heterocycles. The normalized spacial score (nSPS) is 13.8. The van der Waals surface area contributed by atoms with Gasteiger partial charge in [0.05, 0.1) is 23.4 Å². The summed E-state index contributed by atoms with van der Waals surface area (Å²) < 4.78 is 40.1. The number of carbonyl (C=O) groups excluding carboxylic acids is 1. The number of nitrogens with zero attached hydrogens (tertiary/aromatic N) is 3. The first kappa shape index (κ1) is 21.0. The molecule has 1 heterocycles. The Morgan fingerprint density at radius 2 is 1.93 bits per heavy atom. The van der Waals surface area contributed by atoms with Crippen molar-refractivity contribution in [3.63, 3.8) is 0 Å². The minimum absolute atomic E-state index is 0.0402. The predicted molar refractivity (Wildman–Crippen MR) is 107 cm³/mol. The van der Waals surface area contributed by atoms with Crippen LogP contribution in [0.5, 0.6) is 0 Å². The van der Waals surface area contributed by atoms with E-state index in [-0.39, 0.29) is 22.6 Å². The molecule has 10 heteroatoms. The summed E-state index contributed by atoms with van der Waals surface area (Å²) in [5.41, 5.74) is 0.0436. The minimum atomic E-state index is -4.64. The monoisotopic (exact) mass is 418 g/mol. The lowest BCUT2D eigenvalue weighted by Crippen LogP contribution is -2.20. The van der Waals surface area contributed by atoms with Gasteiger partial charge in [0.15, 0.2) is 0 Å². The summed E-state index contributed by atoms with van der Waals surface area (Å²) in [6.45, 7) is 3.77. The van der Waals surface area contributed by atoms with Crippen LogP contribution in [0.4, 0.5) is 30.2 Å². The van der Waals surface area contributed by atoms with Crippen molar-refractivity contribution in [1.82, 2.24) is 0 Å². The molecule has 0 unspecified atom stereocenters. The lowest BCUT2D eigenvalue weighted by Gasteiger charge is -2.22. The van der Waals surface area contributed by atoms with E-state index in [0.29, 0.717) is 12.1 Å². The number of anilines is 2. The number of amides is 1. The van der Waals surface area contributed by atoms with Crippen molar-refractivity contribution in [1.29, 1.82) is 0 Å². The number of halogens is 3. The van der Waals surface area contributed by atoms with Crippen molar-refractivity contribution in [2.45, 2.75) is 20.0 Å². The Kier molecular flexibility index (Phi) is 5.59. The first-order valence-electron chi connectivity index (χ1n) is 8.79. The van der Waals surface area contributed by atoms with Crippen molar-refractivity contribution in [3.05, 3.63) is 75.0 Å². The number of hydrogen-bond acceptors (Lipinski definition) is 5. The van der Waals surface area contributed by atoms with Gasteiger partial charge in [0.1, 0.15) is 0 Å². The van der Waals surface area contributed by atoms with E-state index in [0.717, 1.165) is 23.8 Å². The first-order valence-corrected chi connectivity index (χ1v) is 8.79. The molecule has 0 spiro atoms. The summed E-state index contributed by atoms with van der Waals surface area (Å²) in [4.78, 5) is 28.5. The minimum Gasteiger partial charge on any atom is -0.322 e. The van der Waals surface area contributed by atoms with Crippen LogP contribution in [0.1, 0.15) is 28.4 Å². The van der Waals surface area contributed by atoms with E-state index in [9.17, 15) is 28.1 Å². The molecule has 1 aliphatic rings. The van der Waals surface area contributed by atoms with Gasteiger partial charge in [-0.05, 0) is 43.7 Å². The topological polar surface area (TPSA) is 87.8 Å². The van der Waals surface area contributed by atoms with Gasteiger partial charge < -0.3 is 10.2 Å². The second kappa shape index (κ2) is 7.97. The van der Waals surface area contributed by atoms with Crippen molar-refractivity contribution >= 4 is 29.3 Å². The highest BCUT2D eigenvalue weighted by Crippen LogP contribution is 2.35. The molecule has 2 aromatic carbocycles. The van der Waals surface area contributed by atoms with Crippen molar-refractivity contribution < 1.29 is 22.9 Å². The molecule has 2 aromatic rings. The summed E-state index contributed by atoms with van der Waals surface area (Å²) in [6.07, 6.45) is -1.58. The van der Waals surface area contributed by atoms with Crippen LogP contribution in [0.15, 0.2) is 53.2 Å². The number of rotatable bonds is 4. The number of nitro benzene ring substituents is 1. The highest BCUT2D eigenvalue weighted by Gasteiger charge is 2.32. The van der Waals surface area contributed by atoms with Gasteiger partial charge in [-0.1, -0.05) is 6.07 Å². The van der Waals surface area contributed by atoms with Gasteiger partial charge >= 0.3 is 6.18 Å². The van der Waals surface area contributed by atoms with Gasteiger partial charge in [0.2, 0.25) is 0 Å². The molecule has 0 fully saturated rings. The molecule has 0 bridgehead atoms. The number of alkyl halides is 3. The lowest BCUT2D eigenvalue weighted by atomic mass is 10.1. The first-order chi connectivity index (χ1) is 14.0. The molecular formula is C20H17F3N4O3. The number of benzene rings is 2. The highest BCUT2D eigenvalue weighted by molar-refractivity contribution is 6.05. The highest BCUT2D eigenvalue weighted by atomic mass is 19.4. The number of aryl methyl sites for hydroxylation is 1. The maximum absolute atomic E-state index is 13.4. The molecule has 1 N–H and O–H groups in total. The van der Waals surface area contributed by atoms with Gasteiger partial charge in [-0.2, -0.15) is 13.2 Å². The number of nitrogens with one attached hydrogen (secondary N) is 1. The van der Waals surface area contributed by atoms with Crippen LogP contribution in [-0.4, -0.2) is 23.7 Å². The molecule has 7 nitrogen and oxygen atoms in total. The summed E-state index contributed by atoms with van der Waals surface area (Å²) in [6, 6.07) is 6.99. The molecule has 0 radical (unpaired) electrons. The summed E-state index contributed by atoms with van der Waals surface area (Å²) in [7, 11) is 0. The van der Waals surface area contributed by atoms with Crippen molar-refractivity contribution in [2.75, 3.05) is 16.8 Å². The van der Waals surface area contributed by atoms with E-state index in [2.05, 4.69) is 10.3 Å². The Hall–Kier alpha value is -3.69. The van der Waals surface area contributed by atoms with Gasteiger partial charge in [-0.25, -0.2) is 0 Å². The van der Waals surface area contributed by atoms with Crippen molar-refractivity contribution in [2.24, 2.45) is 4.99 Å². The summed E-state index contributed by atoms with van der Waals surface area (Å²) >= 11 is 0.